The molecule has 0 amide bonds. The van der Waals surface area contributed by atoms with Crippen LogP contribution in [0.4, 0.5) is 11.6 Å². The van der Waals surface area contributed by atoms with E-state index in [4.69, 9.17) is 17.3 Å². The third kappa shape index (κ3) is 2.96. The fourth-order valence-electron chi connectivity index (χ4n) is 1.98. The Morgan fingerprint density at radius 3 is 2.58 bits per heavy atom. The fourth-order valence-corrected chi connectivity index (χ4v) is 2.27. The maximum Gasteiger partial charge on any atom is 0.134 e. The highest BCUT2D eigenvalue weighted by Gasteiger charge is 2.16. The van der Waals surface area contributed by atoms with Gasteiger partial charge in [-0.2, -0.15) is 0 Å². The number of rotatable bonds is 3. The summed E-state index contributed by atoms with van der Waals surface area (Å²) in [5, 5.41) is 0.751. The van der Waals surface area contributed by atoms with E-state index in [1.807, 2.05) is 43.1 Å². The van der Waals surface area contributed by atoms with Gasteiger partial charge in [-0.15, -0.1) is 0 Å². The number of nitrogens with two attached hydrogens (primary N) is 1. The van der Waals surface area contributed by atoms with Crippen molar-refractivity contribution in [1.82, 2.24) is 9.97 Å². The summed E-state index contributed by atoms with van der Waals surface area (Å²) in [6.07, 6.45) is 0. The van der Waals surface area contributed by atoms with Crippen LogP contribution >= 0.6 is 11.6 Å². The number of nitrogen functional groups attached to an aromatic ring is 1. The maximum atomic E-state index is 6.23. The monoisotopic (exact) mass is 276 g/mol. The molecule has 2 rings (SSSR count). The lowest BCUT2D eigenvalue weighted by Gasteiger charge is -2.27. The highest BCUT2D eigenvalue weighted by atomic mass is 35.5. The van der Waals surface area contributed by atoms with Crippen LogP contribution in [0, 0.1) is 6.92 Å². The van der Waals surface area contributed by atoms with Crippen LogP contribution in [0.25, 0.3) is 0 Å². The molecule has 0 aliphatic heterocycles. The van der Waals surface area contributed by atoms with Crippen LogP contribution in [0.2, 0.25) is 5.02 Å². The third-order valence-corrected chi connectivity index (χ3v) is 3.49. The second kappa shape index (κ2) is 5.45. The molecule has 0 saturated carbocycles. The Bertz CT molecular complexity index is 565. The zero-order chi connectivity index (χ0) is 14.0. The number of benzene rings is 1. The Morgan fingerprint density at radius 2 is 1.95 bits per heavy atom. The summed E-state index contributed by atoms with van der Waals surface area (Å²) in [5.74, 6) is 1.92. The van der Waals surface area contributed by atoms with Gasteiger partial charge in [0.2, 0.25) is 0 Å². The molecule has 1 atom stereocenters. The number of halogens is 1. The van der Waals surface area contributed by atoms with Gasteiger partial charge in [-0.3, -0.25) is 0 Å². The highest BCUT2D eigenvalue weighted by Crippen LogP contribution is 2.29. The molecule has 19 heavy (non-hydrogen) atoms. The molecule has 1 unspecified atom stereocenters. The van der Waals surface area contributed by atoms with E-state index >= 15 is 0 Å². The summed E-state index contributed by atoms with van der Waals surface area (Å²) in [6, 6.07) is 9.67. The van der Waals surface area contributed by atoms with Crippen LogP contribution in [-0.2, 0) is 0 Å². The van der Waals surface area contributed by atoms with Crippen molar-refractivity contribution in [1.29, 1.82) is 0 Å². The Balaban J connectivity index is 2.33. The number of hydrogen-bond donors (Lipinski definition) is 1. The SMILES string of the molecule is Cc1nc(N)cc(N(C)C(C)c2ccccc2Cl)n1. The molecule has 0 radical (unpaired) electrons. The average Bonchev–Trinajstić information content (AvgIpc) is 2.36. The van der Waals surface area contributed by atoms with Crippen LogP contribution in [-0.4, -0.2) is 17.0 Å². The van der Waals surface area contributed by atoms with Crippen molar-refractivity contribution in [3.63, 3.8) is 0 Å². The molecule has 0 aliphatic rings. The molecule has 0 spiro atoms. The molecule has 1 aromatic heterocycles. The quantitative estimate of drug-likeness (QED) is 0.935. The van der Waals surface area contributed by atoms with Gasteiger partial charge in [-0.25, -0.2) is 9.97 Å². The molecule has 1 heterocycles. The van der Waals surface area contributed by atoms with Crippen molar-refractivity contribution in [3.05, 3.63) is 46.7 Å². The number of aryl methyl sites for hydroxylation is 1. The lowest BCUT2D eigenvalue weighted by atomic mass is 10.1. The van der Waals surface area contributed by atoms with Crippen LogP contribution in [0.15, 0.2) is 30.3 Å². The molecular weight excluding hydrogens is 260 g/mol. The lowest BCUT2D eigenvalue weighted by molar-refractivity contribution is 0.725. The molecule has 5 heteroatoms. The molecule has 0 saturated heterocycles. The van der Waals surface area contributed by atoms with Crippen molar-refractivity contribution in [2.75, 3.05) is 17.7 Å². The van der Waals surface area contributed by atoms with E-state index in [2.05, 4.69) is 16.9 Å². The van der Waals surface area contributed by atoms with E-state index < -0.39 is 0 Å². The molecule has 0 aliphatic carbocycles. The summed E-state index contributed by atoms with van der Waals surface area (Å²) >= 11 is 6.23. The van der Waals surface area contributed by atoms with Crippen LogP contribution in [0.3, 0.4) is 0 Å². The van der Waals surface area contributed by atoms with Crippen LogP contribution < -0.4 is 10.6 Å². The Hall–Kier alpha value is -1.81. The number of aromatic nitrogens is 2. The zero-order valence-corrected chi connectivity index (χ0v) is 12.0. The van der Waals surface area contributed by atoms with Crippen molar-refractivity contribution in [3.8, 4) is 0 Å². The maximum absolute atomic E-state index is 6.23. The first kappa shape index (κ1) is 13.6. The van der Waals surface area contributed by atoms with Crippen molar-refractivity contribution in [2.45, 2.75) is 19.9 Å². The molecule has 2 aromatic rings. The Kier molecular flexibility index (Phi) is 3.90. The number of hydrogen-bond acceptors (Lipinski definition) is 4. The van der Waals surface area contributed by atoms with Crippen molar-refractivity contribution < 1.29 is 0 Å². The third-order valence-electron chi connectivity index (χ3n) is 3.14. The number of nitrogens with zero attached hydrogens (tertiary/aromatic N) is 3. The largest absolute Gasteiger partial charge is 0.384 e. The van der Waals surface area contributed by atoms with Gasteiger partial charge in [-0.1, -0.05) is 29.8 Å². The van der Waals surface area contributed by atoms with Gasteiger partial charge in [0.15, 0.2) is 0 Å². The Morgan fingerprint density at radius 1 is 1.26 bits per heavy atom. The minimum absolute atomic E-state index is 0.0994. The van der Waals surface area contributed by atoms with Gasteiger partial charge in [0.1, 0.15) is 17.5 Å². The van der Waals surface area contributed by atoms with Crippen LogP contribution in [0.5, 0.6) is 0 Å². The highest BCUT2D eigenvalue weighted by molar-refractivity contribution is 6.31. The van der Waals surface area contributed by atoms with E-state index in [1.165, 1.54) is 0 Å². The average molecular weight is 277 g/mol. The van der Waals surface area contributed by atoms with Gasteiger partial charge in [-0.05, 0) is 25.5 Å². The molecule has 4 nitrogen and oxygen atoms in total. The van der Waals surface area contributed by atoms with E-state index in [0.29, 0.717) is 11.6 Å². The second-order valence-corrected chi connectivity index (χ2v) is 4.91. The van der Waals surface area contributed by atoms with E-state index in [0.717, 1.165) is 16.4 Å². The molecule has 1 aromatic carbocycles. The molecule has 100 valence electrons. The van der Waals surface area contributed by atoms with E-state index in [1.54, 1.807) is 6.07 Å². The van der Waals surface area contributed by atoms with Gasteiger partial charge in [0.05, 0.1) is 6.04 Å². The minimum atomic E-state index is 0.0994. The zero-order valence-electron chi connectivity index (χ0n) is 11.3. The standard InChI is InChI=1S/C14H17ClN4/c1-9(11-6-4-5-7-12(11)15)19(3)14-8-13(16)17-10(2)18-14/h4-9H,1-3H3,(H2,16,17,18). The first-order valence-electron chi connectivity index (χ1n) is 6.07. The first-order chi connectivity index (χ1) is 8.99. The topological polar surface area (TPSA) is 55.0 Å². The van der Waals surface area contributed by atoms with Crippen molar-refractivity contribution in [2.24, 2.45) is 0 Å². The number of anilines is 2. The summed E-state index contributed by atoms with van der Waals surface area (Å²) < 4.78 is 0. The smallest absolute Gasteiger partial charge is 0.134 e. The first-order valence-corrected chi connectivity index (χ1v) is 6.45. The predicted octanol–water partition coefficient (Wildman–Crippen LogP) is 3.22. The van der Waals surface area contributed by atoms with E-state index in [9.17, 15) is 0 Å². The predicted molar refractivity (Wildman–Crippen MR) is 79.5 cm³/mol. The summed E-state index contributed by atoms with van der Waals surface area (Å²) in [5.41, 5.74) is 6.82. The van der Waals surface area contributed by atoms with E-state index in [-0.39, 0.29) is 6.04 Å². The summed E-state index contributed by atoms with van der Waals surface area (Å²) in [7, 11) is 1.97. The van der Waals surface area contributed by atoms with Gasteiger partial charge < -0.3 is 10.6 Å². The minimum Gasteiger partial charge on any atom is -0.384 e. The normalized spacial score (nSPS) is 12.2. The van der Waals surface area contributed by atoms with Gasteiger partial charge >= 0.3 is 0 Å². The Labute approximate surface area is 118 Å². The molecule has 0 bridgehead atoms. The van der Waals surface area contributed by atoms with Gasteiger partial charge in [0, 0.05) is 18.1 Å². The lowest BCUT2D eigenvalue weighted by Crippen LogP contribution is -2.23. The summed E-state index contributed by atoms with van der Waals surface area (Å²) in [4.78, 5) is 10.5. The van der Waals surface area contributed by atoms with Crippen LogP contribution in [0.1, 0.15) is 24.4 Å². The molecule has 0 fully saturated rings. The molecule has 2 N–H and O–H groups in total. The second-order valence-electron chi connectivity index (χ2n) is 4.51. The van der Waals surface area contributed by atoms with Gasteiger partial charge in [0.25, 0.3) is 0 Å². The van der Waals surface area contributed by atoms with Crippen molar-refractivity contribution >= 4 is 23.2 Å². The fraction of sp³-hybridized carbons (Fsp3) is 0.286. The molecular formula is C14H17ClN4. The summed E-state index contributed by atoms with van der Waals surface area (Å²) in [6.45, 7) is 3.91.